The molecule has 3 aliphatic carbocycles. The topological polar surface area (TPSA) is 0 Å². The van der Waals surface area contributed by atoms with Gasteiger partial charge in [0, 0.05) is 0 Å². The summed E-state index contributed by atoms with van der Waals surface area (Å²) in [5, 5.41) is 0. The normalized spacial score (nSPS) is 49.7. The summed E-state index contributed by atoms with van der Waals surface area (Å²) in [7, 11) is 0. The van der Waals surface area contributed by atoms with E-state index in [-0.39, 0.29) is 0 Å². The van der Waals surface area contributed by atoms with Crippen molar-refractivity contribution in [2.45, 2.75) is 39.0 Å². The monoisotopic (exact) mass is 124 g/mol. The van der Waals surface area contributed by atoms with Crippen LogP contribution in [0.4, 0.5) is 0 Å². The highest BCUT2D eigenvalue weighted by molar-refractivity contribution is 4.83. The van der Waals surface area contributed by atoms with Gasteiger partial charge in [-0.3, -0.25) is 0 Å². The summed E-state index contributed by atoms with van der Waals surface area (Å²) in [6.45, 7) is 2.44. The van der Waals surface area contributed by atoms with Crippen LogP contribution in [0.15, 0.2) is 0 Å². The summed E-state index contributed by atoms with van der Waals surface area (Å²) in [5.41, 5.74) is 0. The largest absolute Gasteiger partial charge is 0.0622 e. The predicted molar refractivity (Wildman–Crippen MR) is 39.2 cm³/mol. The van der Waals surface area contributed by atoms with Crippen LogP contribution in [0, 0.1) is 17.8 Å². The van der Waals surface area contributed by atoms with Gasteiger partial charge >= 0.3 is 0 Å². The van der Waals surface area contributed by atoms with Crippen LogP contribution in [0.3, 0.4) is 0 Å². The molecule has 0 aromatic rings. The SMILES string of the molecule is CC1CC2CCC1CC2. The molecule has 0 heterocycles. The minimum Gasteiger partial charge on any atom is -0.0622 e. The average molecular weight is 124 g/mol. The van der Waals surface area contributed by atoms with Gasteiger partial charge in [-0.05, 0) is 37.0 Å². The maximum atomic E-state index is 2.44. The Bertz CT molecular complexity index is 98.6. The third kappa shape index (κ3) is 0.889. The maximum absolute atomic E-state index is 2.44. The van der Waals surface area contributed by atoms with E-state index in [1.165, 1.54) is 0 Å². The summed E-state index contributed by atoms with van der Waals surface area (Å²) < 4.78 is 0. The molecule has 3 aliphatic rings. The molecule has 0 amide bonds. The Morgan fingerprint density at radius 2 is 1.67 bits per heavy atom. The van der Waals surface area contributed by atoms with Crippen LogP contribution in [0.1, 0.15) is 39.0 Å². The van der Waals surface area contributed by atoms with Crippen LogP contribution in [0.25, 0.3) is 0 Å². The zero-order valence-corrected chi connectivity index (χ0v) is 6.27. The lowest BCUT2D eigenvalue weighted by molar-refractivity contribution is 0.111. The van der Waals surface area contributed by atoms with E-state index in [0.717, 1.165) is 17.8 Å². The van der Waals surface area contributed by atoms with Gasteiger partial charge in [0.1, 0.15) is 0 Å². The van der Waals surface area contributed by atoms with Crippen LogP contribution in [0.2, 0.25) is 0 Å². The molecule has 3 fully saturated rings. The number of rotatable bonds is 0. The minimum atomic E-state index is 1.07. The van der Waals surface area contributed by atoms with E-state index in [2.05, 4.69) is 6.92 Å². The first-order chi connectivity index (χ1) is 4.36. The minimum absolute atomic E-state index is 1.07. The molecule has 0 N–H and O–H groups in total. The zero-order chi connectivity index (χ0) is 6.27. The fraction of sp³-hybridized carbons (Fsp3) is 1.00. The van der Waals surface area contributed by atoms with Crippen molar-refractivity contribution in [3.8, 4) is 0 Å². The molecule has 0 radical (unpaired) electrons. The summed E-state index contributed by atoms with van der Waals surface area (Å²) in [6.07, 6.45) is 7.74. The molecule has 0 spiro atoms. The standard InChI is InChI=1S/C9H16/c1-7-6-8-2-4-9(7)5-3-8/h7-9H,2-6H2,1H3. The van der Waals surface area contributed by atoms with Gasteiger partial charge in [0.2, 0.25) is 0 Å². The van der Waals surface area contributed by atoms with E-state index in [0.29, 0.717) is 0 Å². The van der Waals surface area contributed by atoms with E-state index in [1.54, 1.807) is 32.1 Å². The second kappa shape index (κ2) is 2.00. The molecular weight excluding hydrogens is 108 g/mol. The van der Waals surface area contributed by atoms with Crippen molar-refractivity contribution >= 4 is 0 Å². The molecule has 0 aromatic carbocycles. The molecule has 1 atom stereocenters. The van der Waals surface area contributed by atoms with Crippen LogP contribution < -0.4 is 0 Å². The Hall–Kier alpha value is 0. The molecule has 2 bridgehead atoms. The van der Waals surface area contributed by atoms with Crippen molar-refractivity contribution in [3.05, 3.63) is 0 Å². The van der Waals surface area contributed by atoms with Crippen LogP contribution >= 0.6 is 0 Å². The van der Waals surface area contributed by atoms with Crippen molar-refractivity contribution in [1.82, 2.24) is 0 Å². The molecule has 0 heteroatoms. The Kier molecular flexibility index (Phi) is 1.28. The van der Waals surface area contributed by atoms with Gasteiger partial charge in [0.25, 0.3) is 0 Å². The van der Waals surface area contributed by atoms with E-state index in [1.807, 2.05) is 0 Å². The van der Waals surface area contributed by atoms with E-state index in [9.17, 15) is 0 Å². The molecule has 52 valence electrons. The molecule has 0 nitrogen and oxygen atoms in total. The van der Waals surface area contributed by atoms with Gasteiger partial charge in [0.15, 0.2) is 0 Å². The van der Waals surface area contributed by atoms with Crippen molar-refractivity contribution in [2.24, 2.45) is 17.8 Å². The summed E-state index contributed by atoms with van der Waals surface area (Å²) >= 11 is 0. The summed E-state index contributed by atoms with van der Waals surface area (Å²) in [6, 6.07) is 0. The highest BCUT2D eigenvalue weighted by atomic mass is 14.4. The smallest absolute Gasteiger partial charge is 0.0388 e. The number of hydrogen-bond donors (Lipinski definition) is 0. The molecule has 3 saturated carbocycles. The van der Waals surface area contributed by atoms with Crippen LogP contribution in [0.5, 0.6) is 0 Å². The third-order valence-corrected chi connectivity index (χ3v) is 3.40. The molecule has 0 aliphatic heterocycles. The molecule has 0 saturated heterocycles. The second-order valence-corrected chi connectivity index (χ2v) is 3.99. The van der Waals surface area contributed by atoms with Gasteiger partial charge in [-0.1, -0.05) is 19.8 Å². The lowest BCUT2D eigenvalue weighted by atomic mass is 9.65. The Labute approximate surface area is 57.6 Å². The Morgan fingerprint density at radius 3 is 1.89 bits per heavy atom. The second-order valence-electron chi connectivity index (χ2n) is 3.99. The first-order valence-electron chi connectivity index (χ1n) is 4.36. The summed E-state index contributed by atoms with van der Waals surface area (Å²) in [4.78, 5) is 0. The Morgan fingerprint density at radius 1 is 1.00 bits per heavy atom. The van der Waals surface area contributed by atoms with E-state index < -0.39 is 0 Å². The van der Waals surface area contributed by atoms with Gasteiger partial charge in [-0.15, -0.1) is 0 Å². The predicted octanol–water partition coefficient (Wildman–Crippen LogP) is 2.83. The lowest BCUT2D eigenvalue weighted by Crippen LogP contribution is -2.29. The fourth-order valence-corrected chi connectivity index (χ4v) is 2.71. The zero-order valence-electron chi connectivity index (χ0n) is 6.27. The molecule has 0 aromatic heterocycles. The molecular formula is C9H16. The summed E-state index contributed by atoms with van der Waals surface area (Å²) in [5.74, 6) is 3.32. The molecule has 3 rings (SSSR count). The first kappa shape index (κ1) is 5.76. The van der Waals surface area contributed by atoms with E-state index in [4.69, 9.17) is 0 Å². The van der Waals surface area contributed by atoms with Crippen LogP contribution in [-0.2, 0) is 0 Å². The Balaban J connectivity index is 2.06. The number of fused-ring (bicyclic) bond motifs is 3. The molecule has 9 heavy (non-hydrogen) atoms. The van der Waals surface area contributed by atoms with Crippen molar-refractivity contribution in [3.63, 3.8) is 0 Å². The number of hydrogen-bond acceptors (Lipinski definition) is 0. The van der Waals surface area contributed by atoms with Gasteiger partial charge in [0.05, 0.1) is 0 Å². The quantitative estimate of drug-likeness (QED) is 0.466. The average Bonchev–Trinajstić information content (AvgIpc) is 1.90. The van der Waals surface area contributed by atoms with Crippen molar-refractivity contribution in [1.29, 1.82) is 0 Å². The van der Waals surface area contributed by atoms with Crippen molar-refractivity contribution in [2.75, 3.05) is 0 Å². The molecule has 1 unspecified atom stereocenters. The lowest BCUT2D eigenvalue weighted by Gasteiger charge is -2.40. The van der Waals surface area contributed by atoms with E-state index >= 15 is 0 Å². The van der Waals surface area contributed by atoms with Gasteiger partial charge in [-0.2, -0.15) is 0 Å². The van der Waals surface area contributed by atoms with Crippen molar-refractivity contribution < 1.29 is 0 Å². The maximum Gasteiger partial charge on any atom is -0.0388 e. The highest BCUT2D eigenvalue weighted by Gasteiger charge is 2.32. The highest BCUT2D eigenvalue weighted by Crippen LogP contribution is 2.44. The van der Waals surface area contributed by atoms with Gasteiger partial charge in [-0.25, -0.2) is 0 Å². The van der Waals surface area contributed by atoms with Crippen LogP contribution in [-0.4, -0.2) is 0 Å². The first-order valence-corrected chi connectivity index (χ1v) is 4.36. The fourth-order valence-electron chi connectivity index (χ4n) is 2.71. The van der Waals surface area contributed by atoms with Gasteiger partial charge < -0.3 is 0 Å². The third-order valence-electron chi connectivity index (χ3n) is 3.40.